The van der Waals surface area contributed by atoms with Crippen LogP contribution in [-0.4, -0.2) is 25.4 Å². The van der Waals surface area contributed by atoms with Gasteiger partial charge in [0.2, 0.25) is 5.75 Å². The Morgan fingerprint density at radius 2 is 1.75 bits per heavy atom. The molecular formula is C17H19IN2O4. The van der Waals surface area contributed by atoms with Crippen molar-refractivity contribution in [1.82, 2.24) is 5.32 Å². The molecule has 3 N–H and O–H groups in total. The highest BCUT2D eigenvalue weighted by Gasteiger charge is 2.12. The Balaban J connectivity index is 2.03. The van der Waals surface area contributed by atoms with Crippen molar-refractivity contribution in [2.24, 2.45) is 0 Å². The number of aromatic hydroxyl groups is 1. The standard InChI is InChI=1S/C17H19IN2O4/c1-10-4-12(18)8-13(5-10)20-17(22)19-9-11-6-14(23-2)16(21)15(7-11)24-3/h4-8,21H,9H2,1-3H3,(H2,19,20,22). The van der Waals surface area contributed by atoms with E-state index >= 15 is 0 Å². The number of hydrogen-bond donors (Lipinski definition) is 3. The maximum atomic E-state index is 12.0. The van der Waals surface area contributed by atoms with Gasteiger partial charge in [-0.05, 0) is 71.0 Å². The fourth-order valence-electron chi connectivity index (χ4n) is 2.22. The number of methoxy groups -OCH3 is 2. The largest absolute Gasteiger partial charge is 0.502 e. The fraction of sp³-hybridized carbons (Fsp3) is 0.235. The van der Waals surface area contributed by atoms with Gasteiger partial charge in [0, 0.05) is 15.8 Å². The molecule has 0 unspecified atom stereocenters. The molecule has 0 aromatic heterocycles. The van der Waals surface area contributed by atoms with Gasteiger partial charge in [0.15, 0.2) is 11.5 Å². The normalized spacial score (nSPS) is 10.2. The van der Waals surface area contributed by atoms with Crippen LogP contribution in [0.1, 0.15) is 11.1 Å². The quantitative estimate of drug-likeness (QED) is 0.618. The Morgan fingerprint density at radius 3 is 2.29 bits per heavy atom. The first kappa shape index (κ1) is 18.2. The average Bonchev–Trinajstić information content (AvgIpc) is 2.52. The molecule has 0 bridgehead atoms. The van der Waals surface area contributed by atoms with Gasteiger partial charge in [0.25, 0.3) is 0 Å². The van der Waals surface area contributed by atoms with Crippen LogP contribution in [0, 0.1) is 10.5 Å². The highest BCUT2D eigenvalue weighted by atomic mass is 127. The number of halogens is 1. The molecule has 0 aliphatic carbocycles. The summed E-state index contributed by atoms with van der Waals surface area (Å²) in [5.74, 6) is 0.516. The zero-order chi connectivity index (χ0) is 17.7. The molecule has 0 saturated carbocycles. The third kappa shape index (κ3) is 4.67. The van der Waals surface area contributed by atoms with Crippen molar-refractivity contribution in [1.29, 1.82) is 0 Å². The molecule has 0 aliphatic heterocycles. The molecule has 0 spiro atoms. The van der Waals surface area contributed by atoms with Gasteiger partial charge in [-0.1, -0.05) is 0 Å². The van der Waals surface area contributed by atoms with E-state index in [0.29, 0.717) is 11.5 Å². The molecule has 0 atom stereocenters. The van der Waals surface area contributed by atoms with Crippen molar-refractivity contribution in [3.63, 3.8) is 0 Å². The van der Waals surface area contributed by atoms with E-state index in [0.717, 1.165) is 20.4 Å². The number of urea groups is 1. The number of nitrogens with one attached hydrogen (secondary N) is 2. The number of hydrogen-bond acceptors (Lipinski definition) is 4. The summed E-state index contributed by atoms with van der Waals surface area (Å²) < 4.78 is 11.2. The van der Waals surface area contributed by atoms with Gasteiger partial charge < -0.3 is 25.2 Å². The molecule has 2 aromatic rings. The number of phenolic OH excluding ortho intramolecular Hbond substituents is 1. The highest BCUT2D eigenvalue weighted by molar-refractivity contribution is 14.1. The van der Waals surface area contributed by atoms with Crippen LogP contribution < -0.4 is 20.1 Å². The van der Waals surface area contributed by atoms with E-state index in [9.17, 15) is 9.90 Å². The Morgan fingerprint density at radius 1 is 1.12 bits per heavy atom. The third-order valence-corrected chi connectivity index (χ3v) is 3.92. The maximum absolute atomic E-state index is 12.0. The lowest BCUT2D eigenvalue weighted by molar-refractivity contribution is 0.251. The summed E-state index contributed by atoms with van der Waals surface area (Å²) in [6.07, 6.45) is 0. The summed E-state index contributed by atoms with van der Waals surface area (Å²) in [4.78, 5) is 12.0. The Labute approximate surface area is 154 Å². The molecule has 2 amide bonds. The van der Waals surface area contributed by atoms with E-state index in [1.165, 1.54) is 14.2 Å². The predicted molar refractivity (Wildman–Crippen MR) is 101 cm³/mol. The lowest BCUT2D eigenvalue weighted by Gasteiger charge is -2.12. The number of amides is 2. The van der Waals surface area contributed by atoms with E-state index < -0.39 is 0 Å². The fourth-order valence-corrected chi connectivity index (χ4v) is 3.04. The van der Waals surface area contributed by atoms with Crippen LogP contribution in [-0.2, 0) is 6.54 Å². The lowest BCUT2D eigenvalue weighted by atomic mass is 10.2. The van der Waals surface area contributed by atoms with Crippen LogP contribution in [0.5, 0.6) is 17.2 Å². The molecule has 0 heterocycles. The Kier molecular flexibility index (Phi) is 6.13. The van der Waals surface area contributed by atoms with Crippen molar-refractivity contribution in [2.45, 2.75) is 13.5 Å². The summed E-state index contributed by atoms with van der Waals surface area (Å²) in [6, 6.07) is 8.79. The molecule has 2 aromatic carbocycles. The summed E-state index contributed by atoms with van der Waals surface area (Å²) >= 11 is 2.20. The monoisotopic (exact) mass is 442 g/mol. The SMILES string of the molecule is COc1cc(CNC(=O)Nc2cc(C)cc(I)c2)cc(OC)c1O. The minimum Gasteiger partial charge on any atom is -0.502 e. The molecule has 128 valence electrons. The summed E-state index contributed by atoms with van der Waals surface area (Å²) in [6.45, 7) is 2.24. The summed E-state index contributed by atoms with van der Waals surface area (Å²) in [7, 11) is 2.91. The van der Waals surface area contributed by atoms with E-state index in [2.05, 4.69) is 33.2 Å². The second-order valence-electron chi connectivity index (χ2n) is 5.17. The average molecular weight is 442 g/mol. The second-order valence-corrected chi connectivity index (χ2v) is 6.42. The van der Waals surface area contributed by atoms with E-state index in [1.807, 2.05) is 25.1 Å². The Bertz CT molecular complexity index is 704. The number of ether oxygens (including phenoxy) is 2. The van der Waals surface area contributed by atoms with Crippen molar-refractivity contribution in [3.8, 4) is 17.2 Å². The molecule has 7 heteroatoms. The van der Waals surface area contributed by atoms with E-state index in [4.69, 9.17) is 9.47 Å². The number of anilines is 1. The van der Waals surface area contributed by atoms with Gasteiger partial charge in [0.05, 0.1) is 14.2 Å². The van der Waals surface area contributed by atoms with Crippen molar-refractivity contribution < 1.29 is 19.4 Å². The van der Waals surface area contributed by atoms with Crippen LogP contribution in [0.2, 0.25) is 0 Å². The zero-order valence-electron chi connectivity index (χ0n) is 13.6. The predicted octanol–water partition coefficient (Wildman–Crippen LogP) is 3.64. The number of carbonyl (C=O) groups is 1. The van der Waals surface area contributed by atoms with E-state index in [1.54, 1.807) is 12.1 Å². The van der Waals surface area contributed by atoms with Crippen molar-refractivity contribution >= 4 is 34.3 Å². The molecule has 0 radical (unpaired) electrons. The Hall–Kier alpha value is -2.16. The van der Waals surface area contributed by atoms with Gasteiger partial charge in [-0.3, -0.25) is 0 Å². The second kappa shape index (κ2) is 8.09. The minimum absolute atomic E-state index is 0.0671. The van der Waals surface area contributed by atoms with Crippen LogP contribution in [0.4, 0.5) is 10.5 Å². The van der Waals surface area contributed by atoms with Crippen molar-refractivity contribution in [2.75, 3.05) is 19.5 Å². The molecule has 6 nitrogen and oxygen atoms in total. The molecule has 24 heavy (non-hydrogen) atoms. The van der Waals surface area contributed by atoms with Gasteiger partial charge in [0.1, 0.15) is 0 Å². The number of phenols is 1. The molecule has 0 fully saturated rings. The van der Waals surface area contributed by atoms with Crippen LogP contribution in [0.15, 0.2) is 30.3 Å². The van der Waals surface area contributed by atoms with Gasteiger partial charge in [-0.2, -0.15) is 0 Å². The summed E-state index contributed by atoms with van der Waals surface area (Å²) in [5, 5.41) is 15.4. The lowest BCUT2D eigenvalue weighted by Crippen LogP contribution is -2.28. The molecule has 2 rings (SSSR count). The van der Waals surface area contributed by atoms with Crippen LogP contribution in [0.25, 0.3) is 0 Å². The summed E-state index contributed by atoms with van der Waals surface area (Å²) in [5.41, 5.74) is 2.55. The number of benzene rings is 2. The molecule has 0 aliphatic rings. The molecule has 0 saturated heterocycles. The first-order chi connectivity index (χ1) is 11.4. The van der Waals surface area contributed by atoms with Crippen molar-refractivity contribution in [3.05, 3.63) is 45.0 Å². The zero-order valence-corrected chi connectivity index (χ0v) is 15.8. The maximum Gasteiger partial charge on any atom is 0.319 e. The van der Waals surface area contributed by atoms with Crippen LogP contribution >= 0.6 is 22.6 Å². The van der Waals surface area contributed by atoms with E-state index in [-0.39, 0.29) is 18.3 Å². The minimum atomic E-state index is -0.317. The van der Waals surface area contributed by atoms with Gasteiger partial charge in [-0.25, -0.2) is 4.79 Å². The van der Waals surface area contributed by atoms with Crippen LogP contribution in [0.3, 0.4) is 0 Å². The number of rotatable bonds is 5. The van der Waals surface area contributed by atoms with Gasteiger partial charge >= 0.3 is 6.03 Å². The first-order valence-corrected chi connectivity index (χ1v) is 8.26. The third-order valence-electron chi connectivity index (χ3n) is 3.29. The topological polar surface area (TPSA) is 79.8 Å². The number of aryl methyl sites for hydroxylation is 1. The first-order valence-electron chi connectivity index (χ1n) is 7.19. The molecular weight excluding hydrogens is 423 g/mol. The number of carbonyl (C=O) groups excluding carboxylic acids is 1. The highest BCUT2D eigenvalue weighted by Crippen LogP contribution is 2.37. The smallest absolute Gasteiger partial charge is 0.319 e. The van der Waals surface area contributed by atoms with Gasteiger partial charge in [-0.15, -0.1) is 0 Å².